The number of nitrogens with one attached hydrogen (secondary N) is 2. The molecule has 5 nitrogen and oxygen atoms in total. The third-order valence-corrected chi connectivity index (χ3v) is 3.66. The monoisotopic (exact) mass is 359 g/mol. The predicted molar refractivity (Wildman–Crippen MR) is 93.8 cm³/mol. The Bertz CT molecular complexity index is 925. The van der Waals surface area contributed by atoms with Gasteiger partial charge in [-0.2, -0.15) is 23.3 Å². The summed E-state index contributed by atoms with van der Waals surface area (Å²) in [6.07, 6.45) is -3.06. The van der Waals surface area contributed by atoms with Gasteiger partial charge in [-0.25, -0.2) is 0 Å². The standard InChI is InChI=1S/C18H16F3N5/c1-11-6-7-12(2)15(8-11)24-17-25-16(10-22-26-17)23-14-5-3-4-13(9-14)18(19,20)21/h3-10H,1-2H3,(H2,23,24,25,26). The van der Waals surface area contributed by atoms with Crippen LogP contribution in [0.25, 0.3) is 0 Å². The number of aromatic nitrogens is 3. The first-order chi connectivity index (χ1) is 12.3. The van der Waals surface area contributed by atoms with E-state index in [1.54, 1.807) is 0 Å². The first kappa shape index (κ1) is 17.7. The maximum atomic E-state index is 12.8. The topological polar surface area (TPSA) is 62.7 Å². The fourth-order valence-corrected chi connectivity index (χ4v) is 2.33. The van der Waals surface area contributed by atoms with Gasteiger partial charge in [-0.05, 0) is 49.2 Å². The van der Waals surface area contributed by atoms with Crippen molar-refractivity contribution < 1.29 is 13.2 Å². The third kappa shape index (κ3) is 4.27. The first-order valence-corrected chi connectivity index (χ1v) is 7.79. The zero-order valence-corrected chi connectivity index (χ0v) is 14.1. The van der Waals surface area contributed by atoms with E-state index in [1.807, 2.05) is 32.0 Å². The van der Waals surface area contributed by atoms with Crippen molar-refractivity contribution in [1.82, 2.24) is 15.2 Å². The number of alkyl halides is 3. The van der Waals surface area contributed by atoms with E-state index < -0.39 is 11.7 Å². The molecule has 0 unspecified atom stereocenters. The largest absolute Gasteiger partial charge is 0.416 e. The van der Waals surface area contributed by atoms with Gasteiger partial charge in [0.25, 0.3) is 0 Å². The summed E-state index contributed by atoms with van der Waals surface area (Å²) in [5, 5.41) is 13.6. The summed E-state index contributed by atoms with van der Waals surface area (Å²) in [6, 6.07) is 10.8. The van der Waals surface area contributed by atoms with Gasteiger partial charge >= 0.3 is 6.18 Å². The normalized spacial score (nSPS) is 11.3. The highest BCUT2D eigenvalue weighted by Gasteiger charge is 2.30. The highest BCUT2D eigenvalue weighted by molar-refractivity contribution is 5.61. The van der Waals surface area contributed by atoms with Crippen LogP contribution in [0.1, 0.15) is 16.7 Å². The molecule has 0 saturated heterocycles. The molecule has 0 aliphatic heterocycles. The fourth-order valence-electron chi connectivity index (χ4n) is 2.33. The Morgan fingerprint density at radius 3 is 2.54 bits per heavy atom. The fraction of sp³-hybridized carbons (Fsp3) is 0.167. The van der Waals surface area contributed by atoms with Crippen molar-refractivity contribution in [2.45, 2.75) is 20.0 Å². The lowest BCUT2D eigenvalue weighted by atomic mass is 10.1. The summed E-state index contributed by atoms with van der Waals surface area (Å²) in [5.41, 5.74) is 2.44. The van der Waals surface area contributed by atoms with E-state index in [2.05, 4.69) is 25.8 Å². The minimum absolute atomic E-state index is 0.246. The van der Waals surface area contributed by atoms with Crippen LogP contribution in [0, 0.1) is 13.8 Å². The molecule has 0 aliphatic carbocycles. The Kier molecular flexibility index (Phi) is 4.75. The molecule has 134 valence electrons. The van der Waals surface area contributed by atoms with E-state index in [-0.39, 0.29) is 17.5 Å². The molecule has 3 rings (SSSR count). The predicted octanol–water partition coefficient (Wildman–Crippen LogP) is 4.99. The summed E-state index contributed by atoms with van der Waals surface area (Å²) in [6.45, 7) is 3.91. The molecule has 0 saturated carbocycles. The van der Waals surface area contributed by atoms with E-state index in [1.165, 1.54) is 18.3 Å². The number of nitrogens with zero attached hydrogens (tertiary/aromatic N) is 3. The van der Waals surface area contributed by atoms with E-state index in [0.29, 0.717) is 0 Å². The molecule has 8 heteroatoms. The molecule has 0 fully saturated rings. The van der Waals surface area contributed by atoms with Crippen LogP contribution in [-0.2, 0) is 6.18 Å². The van der Waals surface area contributed by atoms with Crippen molar-refractivity contribution in [3.63, 3.8) is 0 Å². The summed E-state index contributed by atoms with van der Waals surface area (Å²) in [4.78, 5) is 4.25. The lowest BCUT2D eigenvalue weighted by Gasteiger charge is -2.11. The maximum absolute atomic E-state index is 12.8. The van der Waals surface area contributed by atoms with Crippen LogP contribution >= 0.6 is 0 Å². The summed E-state index contributed by atoms with van der Waals surface area (Å²) < 4.78 is 38.4. The number of hydrogen-bond acceptors (Lipinski definition) is 5. The van der Waals surface area contributed by atoms with E-state index >= 15 is 0 Å². The van der Waals surface area contributed by atoms with Gasteiger partial charge in [0.1, 0.15) is 0 Å². The molecule has 2 N–H and O–H groups in total. The quantitative estimate of drug-likeness (QED) is 0.687. The number of hydrogen-bond donors (Lipinski definition) is 2. The molecule has 0 bridgehead atoms. The minimum atomic E-state index is -4.41. The Balaban J connectivity index is 1.81. The van der Waals surface area contributed by atoms with Crippen LogP contribution in [0.2, 0.25) is 0 Å². The van der Waals surface area contributed by atoms with Crippen LogP contribution in [0.15, 0.2) is 48.7 Å². The second-order valence-electron chi connectivity index (χ2n) is 5.81. The lowest BCUT2D eigenvalue weighted by Crippen LogP contribution is -2.06. The molecule has 1 aromatic heterocycles. The van der Waals surface area contributed by atoms with Crippen LogP contribution in [0.3, 0.4) is 0 Å². The molecular formula is C18H16F3N5. The summed E-state index contributed by atoms with van der Waals surface area (Å²) >= 11 is 0. The van der Waals surface area contributed by atoms with Crippen molar-refractivity contribution in [2.75, 3.05) is 10.6 Å². The van der Waals surface area contributed by atoms with E-state index in [0.717, 1.165) is 28.9 Å². The van der Waals surface area contributed by atoms with Crippen LogP contribution in [0.5, 0.6) is 0 Å². The van der Waals surface area contributed by atoms with Gasteiger partial charge in [0.15, 0.2) is 5.82 Å². The van der Waals surface area contributed by atoms with Crippen molar-refractivity contribution in [2.24, 2.45) is 0 Å². The molecule has 0 spiro atoms. The Labute approximate surface area is 148 Å². The number of benzene rings is 2. The highest BCUT2D eigenvalue weighted by atomic mass is 19.4. The molecule has 0 aliphatic rings. The van der Waals surface area contributed by atoms with Crippen LogP contribution in [0.4, 0.5) is 36.3 Å². The van der Waals surface area contributed by atoms with Gasteiger partial charge in [0.2, 0.25) is 5.95 Å². The molecule has 3 aromatic rings. The van der Waals surface area contributed by atoms with Crippen molar-refractivity contribution in [3.05, 3.63) is 65.4 Å². The van der Waals surface area contributed by atoms with E-state index in [4.69, 9.17) is 0 Å². The zero-order valence-electron chi connectivity index (χ0n) is 14.1. The molecule has 0 radical (unpaired) electrons. The van der Waals surface area contributed by atoms with Crippen LogP contribution < -0.4 is 10.6 Å². The number of rotatable bonds is 4. The van der Waals surface area contributed by atoms with Gasteiger partial charge in [-0.15, -0.1) is 5.10 Å². The number of halogens is 3. The first-order valence-electron chi connectivity index (χ1n) is 7.79. The van der Waals surface area contributed by atoms with Gasteiger partial charge < -0.3 is 10.6 Å². The van der Waals surface area contributed by atoms with Gasteiger partial charge in [-0.3, -0.25) is 0 Å². The maximum Gasteiger partial charge on any atom is 0.416 e. The van der Waals surface area contributed by atoms with Crippen molar-refractivity contribution in [1.29, 1.82) is 0 Å². The zero-order chi connectivity index (χ0) is 18.7. The van der Waals surface area contributed by atoms with Crippen molar-refractivity contribution in [3.8, 4) is 0 Å². The number of aryl methyl sites for hydroxylation is 2. The summed E-state index contributed by atoms with van der Waals surface area (Å²) in [7, 11) is 0. The molecule has 26 heavy (non-hydrogen) atoms. The molecule has 2 aromatic carbocycles. The van der Waals surface area contributed by atoms with Crippen molar-refractivity contribution >= 4 is 23.1 Å². The van der Waals surface area contributed by atoms with E-state index in [9.17, 15) is 13.2 Å². The van der Waals surface area contributed by atoms with Crippen LogP contribution in [-0.4, -0.2) is 15.2 Å². The molecule has 0 amide bonds. The Morgan fingerprint density at radius 2 is 1.77 bits per heavy atom. The average molecular weight is 359 g/mol. The second kappa shape index (κ2) is 6.99. The lowest BCUT2D eigenvalue weighted by molar-refractivity contribution is -0.137. The Hall–Kier alpha value is -3.16. The van der Waals surface area contributed by atoms with Gasteiger partial charge in [0, 0.05) is 11.4 Å². The molecule has 1 heterocycles. The summed E-state index contributed by atoms with van der Waals surface area (Å²) in [5.74, 6) is 0.530. The molecule has 0 atom stereocenters. The molecular weight excluding hydrogens is 343 g/mol. The second-order valence-corrected chi connectivity index (χ2v) is 5.81. The smallest absolute Gasteiger partial charge is 0.339 e. The van der Waals surface area contributed by atoms with Gasteiger partial charge in [0.05, 0.1) is 11.8 Å². The average Bonchev–Trinajstić information content (AvgIpc) is 2.58. The number of anilines is 4. The van der Waals surface area contributed by atoms with Gasteiger partial charge in [-0.1, -0.05) is 18.2 Å². The highest BCUT2D eigenvalue weighted by Crippen LogP contribution is 2.31. The SMILES string of the molecule is Cc1ccc(C)c(Nc2nncc(Nc3cccc(C(F)(F)F)c3)n2)c1. The minimum Gasteiger partial charge on any atom is -0.339 e. The third-order valence-electron chi connectivity index (χ3n) is 3.66. The Morgan fingerprint density at radius 1 is 0.962 bits per heavy atom.